The van der Waals surface area contributed by atoms with Crippen LogP contribution in [-0.4, -0.2) is 46.6 Å². The molecule has 0 unspecified atom stereocenters. The third-order valence-corrected chi connectivity index (χ3v) is 5.70. The molecule has 0 bridgehead atoms. The summed E-state index contributed by atoms with van der Waals surface area (Å²) in [5.74, 6) is -3.37. The second-order valence-electron chi connectivity index (χ2n) is 7.73. The SMILES string of the molecule is C[C@@H](OC(=O)[C@H](C)N1C(=O)[C@H]2CCCC[C@H]2C1=O)C(=O)Nc1ccc(C(N)=O)cc1. The molecular formula is C21H25N3O6. The summed E-state index contributed by atoms with van der Waals surface area (Å²) in [6.45, 7) is 2.83. The monoisotopic (exact) mass is 415 g/mol. The lowest BCUT2D eigenvalue weighted by Gasteiger charge is -2.23. The van der Waals surface area contributed by atoms with Crippen molar-refractivity contribution in [3.05, 3.63) is 29.8 Å². The van der Waals surface area contributed by atoms with E-state index in [1.807, 2.05) is 0 Å². The maximum Gasteiger partial charge on any atom is 0.329 e. The quantitative estimate of drug-likeness (QED) is 0.530. The molecule has 9 nitrogen and oxygen atoms in total. The fourth-order valence-corrected chi connectivity index (χ4v) is 3.96. The molecule has 1 aliphatic carbocycles. The zero-order chi connectivity index (χ0) is 22.0. The van der Waals surface area contributed by atoms with Crippen LogP contribution in [0.25, 0.3) is 0 Å². The highest BCUT2D eigenvalue weighted by Gasteiger charge is 2.51. The number of esters is 1. The van der Waals surface area contributed by atoms with Crippen molar-refractivity contribution in [2.75, 3.05) is 5.32 Å². The maximum atomic E-state index is 12.6. The lowest BCUT2D eigenvalue weighted by Crippen LogP contribution is -2.46. The number of fused-ring (bicyclic) bond motifs is 1. The summed E-state index contributed by atoms with van der Waals surface area (Å²) in [7, 11) is 0. The van der Waals surface area contributed by atoms with Crippen LogP contribution in [0, 0.1) is 11.8 Å². The van der Waals surface area contributed by atoms with Crippen molar-refractivity contribution in [2.24, 2.45) is 17.6 Å². The summed E-state index contributed by atoms with van der Waals surface area (Å²) in [5.41, 5.74) is 5.86. The van der Waals surface area contributed by atoms with Gasteiger partial charge in [0, 0.05) is 11.3 Å². The van der Waals surface area contributed by atoms with Gasteiger partial charge in [0.2, 0.25) is 17.7 Å². The molecule has 0 spiro atoms. The molecule has 160 valence electrons. The Labute approximate surface area is 173 Å². The van der Waals surface area contributed by atoms with Crippen LogP contribution in [0.1, 0.15) is 49.9 Å². The minimum absolute atomic E-state index is 0.293. The lowest BCUT2D eigenvalue weighted by atomic mass is 9.81. The minimum atomic E-state index is -1.15. The van der Waals surface area contributed by atoms with Crippen molar-refractivity contribution in [1.82, 2.24) is 4.90 Å². The molecule has 2 fully saturated rings. The fraction of sp³-hybridized carbons (Fsp3) is 0.476. The van der Waals surface area contributed by atoms with E-state index < -0.39 is 29.9 Å². The van der Waals surface area contributed by atoms with Gasteiger partial charge < -0.3 is 15.8 Å². The summed E-state index contributed by atoms with van der Waals surface area (Å²) in [6.07, 6.45) is 1.95. The number of likely N-dealkylation sites (tertiary alicyclic amines) is 1. The van der Waals surface area contributed by atoms with Crippen LogP contribution < -0.4 is 11.1 Å². The molecule has 9 heteroatoms. The normalized spacial score (nSPS) is 22.8. The molecule has 3 N–H and O–H groups in total. The summed E-state index contributed by atoms with van der Waals surface area (Å²) < 4.78 is 5.20. The van der Waals surface area contributed by atoms with Gasteiger partial charge in [0.15, 0.2) is 6.10 Å². The third kappa shape index (κ3) is 4.19. The second kappa shape index (κ2) is 8.64. The van der Waals surface area contributed by atoms with Gasteiger partial charge in [-0.15, -0.1) is 0 Å². The second-order valence-corrected chi connectivity index (χ2v) is 7.73. The Hall–Kier alpha value is -3.23. The number of benzene rings is 1. The van der Waals surface area contributed by atoms with Crippen LogP contribution in [0.4, 0.5) is 5.69 Å². The number of ether oxygens (including phenoxy) is 1. The number of nitrogens with zero attached hydrogens (tertiary/aromatic N) is 1. The van der Waals surface area contributed by atoms with Crippen molar-refractivity contribution in [3.8, 4) is 0 Å². The Kier molecular flexibility index (Phi) is 6.19. The smallest absolute Gasteiger partial charge is 0.329 e. The molecule has 1 heterocycles. The highest BCUT2D eigenvalue weighted by molar-refractivity contribution is 6.08. The summed E-state index contributed by atoms with van der Waals surface area (Å²) >= 11 is 0. The Morgan fingerprint density at radius 1 is 1.03 bits per heavy atom. The minimum Gasteiger partial charge on any atom is -0.451 e. The molecule has 4 amide bonds. The van der Waals surface area contributed by atoms with E-state index in [0.717, 1.165) is 17.7 Å². The predicted octanol–water partition coefficient (Wildman–Crippen LogP) is 1.22. The summed E-state index contributed by atoms with van der Waals surface area (Å²) in [5, 5.41) is 2.56. The zero-order valence-corrected chi connectivity index (χ0v) is 16.9. The topological polar surface area (TPSA) is 136 Å². The van der Waals surface area contributed by atoms with Gasteiger partial charge in [0.05, 0.1) is 11.8 Å². The number of primary amides is 1. The molecule has 3 rings (SSSR count). The van der Waals surface area contributed by atoms with Gasteiger partial charge in [0.25, 0.3) is 5.91 Å². The molecule has 0 aromatic heterocycles. The molecule has 1 aliphatic heterocycles. The van der Waals surface area contributed by atoms with Crippen LogP contribution in [0.5, 0.6) is 0 Å². The molecule has 4 atom stereocenters. The first-order chi connectivity index (χ1) is 14.2. The molecule has 1 aromatic rings. The first-order valence-corrected chi connectivity index (χ1v) is 9.99. The summed E-state index contributed by atoms with van der Waals surface area (Å²) in [4.78, 5) is 62.2. The number of amides is 4. The van der Waals surface area contributed by atoms with Gasteiger partial charge in [-0.25, -0.2) is 4.79 Å². The van der Waals surface area contributed by atoms with Crippen LogP contribution in [0.3, 0.4) is 0 Å². The van der Waals surface area contributed by atoms with Gasteiger partial charge in [-0.2, -0.15) is 0 Å². The Bertz CT molecular complexity index is 857. The van der Waals surface area contributed by atoms with Crippen LogP contribution in [0.15, 0.2) is 24.3 Å². The van der Waals surface area contributed by atoms with Gasteiger partial charge in [0.1, 0.15) is 6.04 Å². The van der Waals surface area contributed by atoms with E-state index in [1.54, 1.807) is 0 Å². The Morgan fingerprint density at radius 3 is 2.07 bits per heavy atom. The molecule has 1 saturated carbocycles. The molecule has 0 radical (unpaired) electrons. The number of rotatable bonds is 6. The standard InChI is InChI=1S/C21H25N3O6/c1-11(24-19(27)15-5-3-4-6-16(15)20(24)28)21(29)30-12(2)18(26)23-14-9-7-13(8-10-14)17(22)25/h7-12,15-16H,3-6H2,1-2H3,(H2,22,25)(H,23,26)/t11-,12+,15-,16+/m0/s1. The molecule has 1 aromatic carbocycles. The average Bonchev–Trinajstić information content (AvgIpc) is 2.98. The zero-order valence-electron chi connectivity index (χ0n) is 16.9. The van der Waals surface area contributed by atoms with Gasteiger partial charge in [-0.3, -0.25) is 24.1 Å². The van der Waals surface area contributed by atoms with Crippen LogP contribution in [-0.2, 0) is 23.9 Å². The van der Waals surface area contributed by atoms with Crippen LogP contribution >= 0.6 is 0 Å². The van der Waals surface area contributed by atoms with E-state index in [1.165, 1.54) is 38.1 Å². The van der Waals surface area contributed by atoms with E-state index in [9.17, 15) is 24.0 Å². The van der Waals surface area contributed by atoms with Gasteiger partial charge in [-0.1, -0.05) is 12.8 Å². The Morgan fingerprint density at radius 2 is 1.57 bits per heavy atom. The van der Waals surface area contributed by atoms with Crippen molar-refractivity contribution in [3.63, 3.8) is 0 Å². The van der Waals surface area contributed by atoms with Gasteiger partial charge in [-0.05, 0) is 51.0 Å². The van der Waals surface area contributed by atoms with E-state index in [4.69, 9.17) is 10.5 Å². The molecule has 30 heavy (non-hydrogen) atoms. The molecular weight excluding hydrogens is 390 g/mol. The van der Waals surface area contributed by atoms with Gasteiger partial charge >= 0.3 is 5.97 Å². The number of imide groups is 1. The number of hydrogen-bond donors (Lipinski definition) is 2. The fourth-order valence-electron chi connectivity index (χ4n) is 3.96. The van der Waals surface area contributed by atoms with Crippen molar-refractivity contribution >= 4 is 35.3 Å². The van der Waals surface area contributed by atoms with Crippen molar-refractivity contribution < 1.29 is 28.7 Å². The highest BCUT2D eigenvalue weighted by Crippen LogP contribution is 2.38. The maximum absolute atomic E-state index is 12.6. The van der Waals surface area contributed by atoms with E-state index in [2.05, 4.69) is 5.32 Å². The molecule has 2 aliphatic rings. The number of hydrogen-bond acceptors (Lipinski definition) is 6. The first kappa shape index (κ1) is 21.5. The number of nitrogens with one attached hydrogen (secondary N) is 1. The number of anilines is 1. The Balaban J connectivity index is 1.59. The largest absolute Gasteiger partial charge is 0.451 e. The van der Waals surface area contributed by atoms with Crippen molar-refractivity contribution in [1.29, 1.82) is 0 Å². The highest BCUT2D eigenvalue weighted by atomic mass is 16.5. The summed E-state index contributed by atoms with van der Waals surface area (Å²) in [6, 6.07) is 4.82. The predicted molar refractivity (Wildman–Crippen MR) is 106 cm³/mol. The number of carbonyl (C=O) groups is 5. The third-order valence-electron chi connectivity index (χ3n) is 5.70. The van der Waals surface area contributed by atoms with E-state index in [-0.39, 0.29) is 23.7 Å². The average molecular weight is 415 g/mol. The van der Waals surface area contributed by atoms with Crippen LogP contribution in [0.2, 0.25) is 0 Å². The van der Waals surface area contributed by atoms with E-state index in [0.29, 0.717) is 24.1 Å². The van der Waals surface area contributed by atoms with Crippen molar-refractivity contribution in [2.45, 2.75) is 51.7 Å². The number of carbonyl (C=O) groups excluding carboxylic acids is 5. The van der Waals surface area contributed by atoms with E-state index >= 15 is 0 Å². The molecule has 1 saturated heterocycles. The first-order valence-electron chi connectivity index (χ1n) is 9.99. The number of nitrogens with two attached hydrogens (primary N) is 1. The lowest BCUT2D eigenvalue weighted by molar-refractivity contribution is -0.163.